The Bertz CT molecular complexity index is 1020. The molecule has 0 spiro atoms. The maximum Gasteiger partial charge on any atom is 0.264 e. The lowest BCUT2D eigenvalue weighted by Crippen LogP contribution is -2.42. The Morgan fingerprint density at radius 2 is 1.87 bits per heavy atom. The van der Waals surface area contributed by atoms with Crippen LogP contribution in [0.3, 0.4) is 0 Å². The summed E-state index contributed by atoms with van der Waals surface area (Å²) in [7, 11) is 0. The minimum atomic E-state index is -0.183. The van der Waals surface area contributed by atoms with Gasteiger partial charge in [-0.25, -0.2) is 4.99 Å². The number of ether oxygens (including phenoxy) is 2. The molecule has 4 rings (SSSR count). The number of rotatable bonds is 5. The molecule has 0 aliphatic carbocycles. The summed E-state index contributed by atoms with van der Waals surface area (Å²) in [4.78, 5) is 31.2. The highest BCUT2D eigenvalue weighted by atomic mass is 79.9. The number of nitrogens with zero attached hydrogens (tertiary/aromatic N) is 2. The molecular weight excluding hydrogens is 482 g/mol. The van der Waals surface area contributed by atoms with Gasteiger partial charge in [-0.2, -0.15) is 0 Å². The Morgan fingerprint density at radius 1 is 1.16 bits per heavy atom. The first-order chi connectivity index (χ1) is 15.1. The quantitative estimate of drug-likeness (QED) is 0.633. The average Bonchev–Trinajstić information content (AvgIpc) is 3.13. The summed E-state index contributed by atoms with van der Waals surface area (Å²) in [6, 6.07) is 14.8. The monoisotopic (exact) mass is 501 g/mol. The molecule has 0 bridgehead atoms. The van der Waals surface area contributed by atoms with Gasteiger partial charge in [-0.1, -0.05) is 28.1 Å². The number of morpholine rings is 1. The van der Waals surface area contributed by atoms with Gasteiger partial charge < -0.3 is 19.7 Å². The second kappa shape index (κ2) is 10.1. The first-order valence-corrected chi connectivity index (χ1v) is 11.3. The largest absolute Gasteiger partial charge is 0.484 e. The van der Waals surface area contributed by atoms with Crippen LogP contribution in [0.5, 0.6) is 5.75 Å². The van der Waals surface area contributed by atoms with E-state index in [1.54, 1.807) is 23.1 Å². The van der Waals surface area contributed by atoms with Crippen LogP contribution in [0.25, 0.3) is 6.08 Å². The van der Waals surface area contributed by atoms with Crippen LogP contribution in [0.1, 0.15) is 5.56 Å². The third kappa shape index (κ3) is 5.96. The van der Waals surface area contributed by atoms with Crippen molar-refractivity contribution in [1.29, 1.82) is 0 Å². The van der Waals surface area contributed by atoms with Crippen molar-refractivity contribution in [2.24, 2.45) is 4.99 Å². The van der Waals surface area contributed by atoms with Gasteiger partial charge >= 0.3 is 0 Å². The number of amides is 2. The Morgan fingerprint density at radius 3 is 2.58 bits per heavy atom. The molecule has 0 unspecified atom stereocenters. The van der Waals surface area contributed by atoms with Crippen LogP contribution < -0.4 is 10.1 Å². The second-order valence-corrected chi connectivity index (χ2v) is 8.76. The van der Waals surface area contributed by atoms with Gasteiger partial charge in [0.15, 0.2) is 11.8 Å². The van der Waals surface area contributed by atoms with Crippen molar-refractivity contribution < 1.29 is 19.1 Å². The molecule has 2 amide bonds. The van der Waals surface area contributed by atoms with E-state index in [9.17, 15) is 9.59 Å². The van der Waals surface area contributed by atoms with Gasteiger partial charge in [0.1, 0.15) is 5.75 Å². The molecular formula is C22H20BrN3O4S. The molecule has 2 heterocycles. The number of nitrogens with one attached hydrogen (secondary N) is 1. The fourth-order valence-corrected chi connectivity index (χ4v) is 4.08. The third-order valence-corrected chi connectivity index (χ3v) is 6.05. The summed E-state index contributed by atoms with van der Waals surface area (Å²) < 4.78 is 11.8. The maximum absolute atomic E-state index is 12.3. The standard InChI is InChI=1S/C22H20BrN3O4S/c23-16-3-5-17(6-4-16)24-22-25-21(28)19(31-22)13-15-1-7-18(8-2-15)30-14-20(27)26-9-11-29-12-10-26/h1-8,13H,9-12,14H2,(H,24,25,28)/b19-13-. The van der Waals surface area contributed by atoms with E-state index in [2.05, 4.69) is 26.2 Å². The Hall–Kier alpha value is -2.62. The van der Waals surface area contributed by atoms with Crippen molar-refractivity contribution >= 4 is 56.4 Å². The van der Waals surface area contributed by atoms with Crippen LogP contribution in [-0.2, 0) is 14.3 Å². The number of thioether (sulfide) groups is 1. The fourth-order valence-electron chi connectivity index (χ4n) is 2.97. The van der Waals surface area contributed by atoms with Crippen molar-refractivity contribution in [3.8, 4) is 5.75 Å². The molecule has 9 heteroatoms. The average molecular weight is 502 g/mol. The second-order valence-electron chi connectivity index (χ2n) is 6.81. The Balaban J connectivity index is 1.35. The zero-order valence-corrected chi connectivity index (χ0v) is 18.9. The van der Waals surface area contributed by atoms with Crippen molar-refractivity contribution in [1.82, 2.24) is 10.2 Å². The molecule has 2 aliphatic heterocycles. The molecule has 0 aromatic heterocycles. The van der Waals surface area contributed by atoms with Crippen LogP contribution in [0.15, 0.2) is 62.9 Å². The fraction of sp³-hybridized carbons (Fsp3) is 0.227. The van der Waals surface area contributed by atoms with Gasteiger partial charge in [-0.05, 0) is 59.8 Å². The molecule has 0 atom stereocenters. The molecule has 1 N–H and O–H groups in total. The highest BCUT2D eigenvalue weighted by Crippen LogP contribution is 2.28. The van der Waals surface area contributed by atoms with Gasteiger partial charge in [0, 0.05) is 17.6 Å². The number of hydrogen-bond donors (Lipinski definition) is 1. The van der Waals surface area contributed by atoms with E-state index < -0.39 is 0 Å². The van der Waals surface area contributed by atoms with Gasteiger partial charge in [-0.15, -0.1) is 0 Å². The number of amidine groups is 1. The SMILES string of the molecule is O=C1NC(=Nc2ccc(Br)cc2)S/C1=C\c1ccc(OCC(=O)N2CCOCC2)cc1. The highest BCUT2D eigenvalue weighted by Gasteiger charge is 2.23. The number of carbonyl (C=O) groups is 2. The predicted octanol–water partition coefficient (Wildman–Crippen LogP) is 3.58. The smallest absolute Gasteiger partial charge is 0.264 e. The predicted molar refractivity (Wildman–Crippen MR) is 124 cm³/mol. The van der Waals surface area contributed by atoms with Crippen LogP contribution in [-0.4, -0.2) is 54.8 Å². The molecule has 0 radical (unpaired) electrons. The Kier molecular flexibility index (Phi) is 7.06. The topological polar surface area (TPSA) is 80.2 Å². The van der Waals surface area contributed by atoms with Crippen molar-refractivity contribution in [3.05, 3.63) is 63.5 Å². The Labute approximate surface area is 192 Å². The van der Waals surface area contributed by atoms with Gasteiger partial charge in [0.05, 0.1) is 23.8 Å². The molecule has 2 fully saturated rings. The zero-order chi connectivity index (χ0) is 21.6. The van der Waals surface area contributed by atoms with Crippen molar-refractivity contribution in [3.63, 3.8) is 0 Å². The van der Waals surface area contributed by atoms with Crippen molar-refractivity contribution in [2.75, 3.05) is 32.9 Å². The van der Waals surface area contributed by atoms with Gasteiger partial charge in [0.25, 0.3) is 11.8 Å². The van der Waals surface area contributed by atoms with Gasteiger partial charge in [0.2, 0.25) is 0 Å². The summed E-state index contributed by atoms with van der Waals surface area (Å²) in [5.41, 5.74) is 1.62. The molecule has 0 saturated carbocycles. The molecule has 31 heavy (non-hydrogen) atoms. The summed E-state index contributed by atoms with van der Waals surface area (Å²) in [6.07, 6.45) is 1.80. The van der Waals surface area contributed by atoms with Crippen LogP contribution in [0.2, 0.25) is 0 Å². The number of benzene rings is 2. The first kappa shape index (κ1) is 21.6. The molecule has 160 valence electrons. The van der Waals surface area contributed by atoms with E-state index in [-0.39, 0.29) is 18.4 Å². The van der Waals surface area contributed by atoms with Crippen LogP contribution >= 0.6 is 27.7 Å². The maximum atomic E-state index is 12.3. The molecule has 7 nitrogen and oxygen atoms in total. The highest BCUT2D eigenvalue weighted by molar-refractivity contribution is 9.10. The van der Waals surface area contributed by atoms with Crippen LogP contribution in [0, 0.1) is 0 Å². The lowest BCUT2D eigenvalue weighted by Gasteiger charge is -2.26. The summed E-state index contributed by atoms with van der Waals surface area (Å²) in [5, 5.41) is 3.32. The van der Waals surface area contributed by atoms with E-state index >= 15 is 0 Å². The normalized spacial score (nSPS) is 19.0. The lowest BCUT2D eigenvalue weighted by molar-refractivity contribution is -0.137. The van der Waals surface area contributed by atoms with E-state index in [0.29, 0.717) is 42.1 Å². The molecule has 2 saturated heterocycles. The number of aliphatic imine (C=N–C) groups is 1. The zero-order valence-electron chi connectivity index (χ0n) is 16.5. The van der Waals surface area contributed by atoms with Crippen molar-refractivity contribution in [2.45, 2.75) is 0 Å². The number of halogens is 1. The third-order valence-electron chi connectivity index (χ3n) is 4.61. The van der Waals surface area contributed by atoms with E-state index in [1.165, 1.54) is 11.8 Å². The molecule has 2 aromatic carbocycles. The summed E-state index contributed by atoms with van der Waals surface area (Å²) in [6.45, 7) is 2.32. The summed E-state index contributed by atoms with van der Waals surface area (Å²) >= 11 is 4.68. The minimum Gasteiger partial charge on any atom is -0.484 e. The van der Waals surface area contributed by atoms with Crippen LogP contribution in [0.4, 0.5) is 5.69 Å². The van der Waals surface area contributed by atoms with E-state index in [0.717, 1.165) is 15.7 Å². The molecule has 2 aliphatic rings. The number of hydrogen-bond acceptors (Lipinski definition) is 6. The molecule has 2 aromatic rings. The van der Waals surface area contributed by atoms with E-state index in [1.807, 2.05) is 36.4 Å². The van der Waals surface area contributed by atoms with Gasteiger partial charge in [-0.3, -0.25) is 9.59 Å². The lowest BCUT2D eigenvalue weighted by atomic mass is 10.2. The minimum absolute atomic E-state index is 0.00538. The summed E-state index contributed by atoms with van der Waals surface area (Å²) in [5.74, 6) is 0.369. The van der Waals surface area contributed by atoms with E-state index in [4.69, 9.17) is 9.47 Å². The first-order valence-electron chi connectivity index (χ1n) is 9.70. The number of carbonyl (C=O) groups excluding carboxylic acids is 2.